The molecule has 2 heteroatoms. The third-order valence-electron chi connectivity index (χ3n) is 9.33. The Morgan fingerprint density at radius 1 is 0.455 bits per heavy atom. The highest BCUT2D eigenvalue weighted by Crippen LogP contribution is 2.16. The van der Waals surface area contributed by atoms with Gasteiger partial charge in [0.05, 0.1) is 6.61 Å². The van der Waals surface area contributed by atoms with Crippen molar-refractivity contribution in [1.29, 1.82) is 0 Å². The number of allylic oxidation sites excluding steroid dienone is 2. The fourth-order valence-electron chi connectivity index (χ4n) is 6.26. The Kier molecular flexibility index (Phi) is 37.7. The van der Waals surface area contributed by atoms with E-state index < -0.39 is 0 Å². The normalized spacial score (nSPS) is 11.7. The fourth-order valence-corrected chi connectivity index (χ4v) is 6.26. The van der Waals surface area contributed by atoms with Crippen molar-refractivity contribution in [3.05, 3.63) is 12.2 Å². The lowest BCUT2D eigenvalue weighted by Gasteiger charge is -2.06. The second-order valence-electron chi connectivity index (χ2n) is 14.5. The van der Waals surface area contributed by atoms with Gasteiger partial charge >= 0.3 is 5.97 Å². The van der Waals surface area contributed by atoms with Crippen LogP contribution in [0.2, 0.25) is 0 Å². The van der Waals surface area contributed by atoms with Gasteiger partial charge < -0.3 is 4.74 Å². The van der Waals surface area contributed by atoms with Crippen LogP contribution in [0.5, 0.6) is 0 Å². The first-order chi connectivity index (χ1) is 21.7. The number of hydrogen-bond donors (Lipinski definition) is 0. The third kappa shape index (κ3) is 39.2. The molecule has 0 bridgehead atoms. The predicted molar refractivity (Wildman–Crippen MR) is 198 cm³/mol. The third-order valence-corrected chi connectivity index (χ3v) is 9.33. The van der Waals surface area contributed by atoms with E-state index in [1.165, 1.54) is 199 Å². The number of ether oxygens (including phenoxy) is 1. The minimum atomic E-state index is 0.0261. The van der Waals surface area contributed by atoms with E-state index in [-0.39, 0.29) is 5.97 Å². The highest BCUT2D eigenvalue weighted by molar-refractivity contribution is 5.69. The Morgan fingerprint density at radius 2 is 0.795 bits per heavy atom. The van der Waals surface area contributed by atoms with Crippen LogP contribution in [0.1, 0.15) is 239 Å². The van der Waals surface area contributed by atoms with Gasteiger partial charge in [-0.3, -0.25) is 4.79 Å². The molecular formula is C42H82O2. The van der Waals surface area contributed by atoms with Gasteiger partial charge in [0, 0.05) is 6.42 Å². The summed E-state index contributed by atoms with van der Waals surface area (Å²) in [6.45, 7) is 7.58. The van der Waals surface area contributed by atoms with Crippen LogP contribution in [-0.2, 0) is 9.53 Å². The second-order valence-corrected chi connectivity index (χ2v) is 14.5. The van der Waals surface area contributed by atoms with E-state index in [2.05, 4.69) is 32.9 Å². The molecule has 0 atom stereocenters. The van der Waals surface area contributed by atoms with Crippen LogP contribution in [-0.4, -0.2) is 12.6 Å². The summed E-state index contributed by atoms with van der Waals surface area (Å²) >= 11 is 0. The van der Waals surface area contributed by atoms with Crippen molar-refractivity contribution >= 4 is 5.97 Å². The van der Waals surface area contributed by atoms with Gasteiger partial charge in [-0.25, -0.2) is 0 Å². The summed E-state index contributed by atoms with van der Waals surface area (Å²) in [5.74, 6) is 0.898. The summed E-state index contributed by atoms with van der Waals surface area (Å²) in [5, 5.41) is 0. The molecule has 0 N–H and O–H groups in total. The molecule has 0 heterocycles. The van der Waals surface area contributed by atoms with Crippen molar-refractivity contribution < 1.29 is 9.53 Å². The van der Waals surface area contributed by atoms with Gasteiger partial charge in [0.2, 0.25) is 0 Å². The van der Waals surface area contributed by atoms with E-state index in [1.807, 2.05) is 0 Å². The summed E-state index contributed by atoms with van der Waals surface area (Å²) in [7, 11) is 0. The lowest BCUT2D eigenvalue weighted by Crippen LogP contribution is -2.05. The largest absolute Gasteiger partial charge is 0.466 e. The topological polar surface area (TPSA) is 26.3 Å². The van der Waals surface area contributed by atoms with Crippen LogP contribution < -0.4 is 0 Å². The van der Waals surface area contributed by atoms with Crippen molar-refractivity contribution in [3.63, 3.8) is 0 Å². The SMILES string of the molecule is CCCCCCCC/C=C/CCCCCCCCCCCCCC(=O)OCCCCCCCCCCCCCCCC(C)C. The zero-order chi connectivity index (χ0) is 32.0. The van der Waals surface area contributed by atoms with Crippen LogP contribution in [0, 0.1) is 5.92 Å². The van der Waals surface area contributed by atoms with Gasteiger partial charge in [0.1, 0.15) is 0 Å². The average Bonchev–Trinajstić information content (AvgIpc) is 3.01. The second kappa shape index (κ2) is 38.4. The maximum atomic E-state index is 12.0. The predicted octanol–water partition coefficient (Wildman–Crippen LogP) is 15.0. The molecule has 262 valence electrons. The lowest BCUT2D eigenvalue weighted by atomic mass is 10.0. The van der Waals surface area contributed by atoms with E-state index in [0.29, 0.717) is 13.0 Å². The Morgan fingerprint density at radius 3 is 1.20 bits per heavy atom. The Hall–Kier alpha value is -0.790. The first-order valence-electron chi connectivity index (χ1n) is 20.5. The molecule has 2 nitrogen and oxygen atoms in total. The molecule has 0 unspecified atom stereocenters. The quantitative estimate of drug-likeness (QED) is 0.0393. The molecule has 0 saturated heterocycles. The summed E-state index contributed by atoms with van der Waals surface area (Å²) in [6, 6.07) is 0. The Labute approximate surface area is 278 Å². The molecule has 0 spiro atoms. The maximum Gasteiger partial charge on any atom is 0.305 e. The number of hydrogen-bond acceptors (Lipinski definition) is 2. The molecule has 0 fully saturated rings. The molecule has 0 aliphatic heterocycles. The van der Waals surface area contributed by atoms with E-state index in [4.69, 9.17) is 4.74 Å². The summed E-state index contributed by atoms with van der Waals surface area (Å²) in [5.41, 5.74) is 0. The van der Waals surface area contributed by atoms with Crippen molar-refractivity contribution in [2.45, 2.75) is 239 Å². The lowest BCUT2D eigenvalue weighted by molar-refractivity contribution is -0.143. The molecule has 0 amide bonds. The average molecular weight is 619 g/mol. The van der Waals surface area contributed by atoms with Crippen molar-refractivity contribution in [1.82, 2.24) is 0 Å². The Bertz CT molecular complexity index is 566. The van der Waals surface area contributed by atoms with Gasteiger partial charge in [-0.15, -0.1) is 0 Å². The van der Waals surface area contributed by atoms with E-state index in [0.717, 1.165) is 18.8 Å². The zero-order valence-corrected chi connectivity index (χ0v) is 30.8. The van der Waals surface area contributed by atoms with Crippen LogP contribution in [0.25, 0.3) is 0 Å². The van der Waals surface area contributed by atoms with Crippen LogP contribution in [0.15, 0.2) is 12.2 Å². The molecular weight excluding hydrogens is 536 g/mol. The molecule has 0 aliphatic rings. The zero-order valence-electron chi connectivity index (χ0n) is 30.8. The number of esters is 1. The van der Waals surface area contributed by atoms with E-state index in [1.54, 1.807) is 0 Å². The molecule has 0 saturated carbocycles. The summed E-state index contributed by atoms with van der Waals surface area (Å²) < 4.78 is 5.46. The molecule has 0 aromatic rings. The standard InChI is InChI=1S/C42H82O2/c1-4-5-6-7-8-9-10-11-12-13-14-15-16-17-18-21-24-27-30-33-36-39-42(43)44-40-37-34-31-28-25-22-19-20-23-26-29-32-35-38-41(2)3/h11-12,41H,4-10,13-40H2,1-3H3/b12-11+. The van der Waals surface area contributed by atoms with E-state index >= 15 is 0 Å². The van der Waals surface area contributed by atoms with Gasteiger partial charge in [0.25, 0.3) is 0 Å². The highest BCUT2D eigenvalue weighted by atomic mass is 16.5. The van der Waals surface area contributed by atoms with Crippen LogP contribution in [0.3, 0.4) is 0 Å². The smallest absolute Gasteiger partial charge is 0.305 e. The van der Waals surface area contributed by atoms with Crippen LogP contribution in [0.4, 0.5) is 0 Å². The van der Waals surface area contributed by atoms with E-state index in [9.17, 15) is 4.79 Å². The number of carbonyl (C=O) groups is 1. The molecule has 0 aromatic carbocycles. The molecule has 0 aliphatic carbocycles. The molecule has 0 aromatic heterocycles. The monoisotopic (exact) mass is 619 g/mol. The van der Waals surface area contributed by atoms with Gasteiger partial charge in [0.15, 0.2) is 0 Å². The van der Waals surface area contributed by atoms with Gasteiger partial charge in [-0.2, -0.15) is 0 Å². The van der Waals surface area contributed by atoms with Gasteiger partial charge in [-0.05, 0) is 44.4 Å². The molecule has 0 radical (unpaired) electrons. The first-order valence-corrected chi connectivity index (χ1v) is 20.5. The fraction of sp³-hybridized carbons (Fsp3) is 0.929. The minimum absolute atomic E-state index is 0.0261. The van der Waals surface area contributed by atoms with Crippen LogP contribution >= 0.6 is 0 Å². The number of carbonyl (C=O) groups excluding carboxylic acids is 1. The molecule has 44 heavy (non-hydrogen) atoms. The summed E-state index contributed by atoms with van der Waals surface area (Å²) in [6.07, 6.45) is 50.1. The van der Waals surface area contributed by atoms with Crippen molar-refractivity contribution in [2.24, 2.45) is 5.92 Å². The van der Waals surface area contributed by atoms with Crippen molar-refractivity contribution in [3.8, 4) is 0 Å². The number of unbranched alkanes of at least 4 members (excludes halogenated alkanes) is 29. The maximum absolute atomic E-state index is 12.0. The van der Waals surface area contributed by atoms with Crippen molar-refractivity contribution in [2.75, 3.05) is 6.61 Å². The molecule has 0 rings (SSSR count). The highest BCUT2D eigenvalue weighted by Gasteiger charge is 2.03. The first kappa shape index (κ1) is 43.2. The van der Waals surface area contributed by atoms with Gasteiger partial charge in [-0.1, -0.05) is 206 Å². The Balaban J connectivity index is 3.18. The number of rotatable bonds is 37. The minimum Gasteiger partial charge on any atom is -0.466 e. The summed E-state index contributed by atoms with van der Waals surface area (Å²) in [4.78, 5) is 12.0.